The van der Waals surface area contributed by atoms with Crippen molar-refractivity contribution in [1.82, 2.24) is 10.0 Å². The Bertz CT molecular complexity index is 703. The molecule has 9 heteroatoms. The van der Waals surface area contributed by atoms with Crippen molar-refractivity contribution in [3.8, 4) is 0 Å². The van der Waals surface area contributed by atoms with Crippen molar-refractivity contribution in [3.63, 3.8) is 0 Å². The first kappa shape index (κ1) is 21.1. The fraction of sp³-hybridized carbons (Fsp3) is 0.500. The number of rotatable bonds is 10. The molecule has 0 heterocycles. The summed E-state index contributed by atoms with van der Waals surface area (Å²) < 4.78 is 36.3. The van der Waals surface area contributed by atoms with E-state index in [9.17, 15) is 18.0 Å². The number of hydrogen-bond donors (Lipinski definition) is 2. The predicted octanol–water partition coefficient (Wildman–Crippen LogP) is 0.278. The van der Waals surface area contributed by atoms with Gasteiger partial charge >= 0.3 is 5.97 Å². The molecule has 8 nitrogen and oxygen atoms in total. The Morgan fingerprint density at radius 2 is 1.88 bits per heavy atom. The van der Waals surface area contributed by atoms with E-state index in [1.165, 1.54) is 13.2 Å². The smallest absolute Gasteiger partial charge is 0.307 e. The molecule has 25 heavy (non-hydrogen) atoms. The van der Waals surface area contributed by atoms with Crippen LogP contribution in [-0.4, -0.2) is 53.7 Å². The molecule has 0 aromatic heterocycles. The first-order chi connectivity index (χ1) is 11.8. The van der Waals surface area contributed by atoms with Crippen molar-refractivity contribution in [3.05, 3.63) is 29.3 Å². The highest BCUT2D eigenvalue weighted by Crippen LogP contribution is 2.16. The lowest BCUT2D eigenvalue weighted by Crippen LogP contribution is -2.32. The number of hydrogen-bond acceptors (Lipinski definition) is 6. The second kappa shape index (κ2) is 10.1. The van der Waals surface area contributed by atoms with E-state index >= 15 is 0 Å². The van der Waals surface area contributed by atoms with Gasteiger partial charge in [-0.2, -0.15) is 0 Å². The van der Waals surface area contributed by atoms with E-state index in [0.717, 1.165) is 5.56 Å². The molecule has 1 aromatic carbocycles. The lowest BCUT2D eigenvalue weighted by Gasteiger charge is -2.10. The summed E-state index contributed by atoms with van der Waals surface area (Å²) in [5.74, 6) is -1.11. The number of ether oxygens (including phenoxy) is 2. The first-order valence-electron chi connectivity index (χ1n) is 7.74. The van der Waals surface area contributed by atoms with E-state index in [-0.39, 0.29) is 17.9 Å². The quantitative estimate of drug-likeness (QED) is 0.451. The Balaban J connectivity index is 2.38. The molecule has 0 unspecified atom stereocenters. The molecule has 0 aliphatic rings. The molecule has 1 rings (SSSR count). The maximum atomic E-state index is 12.2. The molecular formula is C16H24N2O6S. The molecule has 0 aliphatic carbocycles. The molecule has 140 valence electrons. The van der Waals surface area contributed by atoms with Gasteiger partial charge < -0.3 is 14.8 Å². The van der Waals surface area contributed by atoms with E-state index in [1.54, 1.807) is 19.1 Å². The number of benzene rings is 1. The number of methoxy groups -OCH3 is 1. The zero-order valence-electron chi connectivity index (χ0n) is 14.6. The lowest BCUT2D eigenvalue weighted by atomic mass is 10.2. The van der Waals surface area contributed by atoms with Crippen molar-refractivity contribution in [1.29, 1.82) is 0 Å². The fourth-order valence-electron chi connectivity index (χ4n) is 2.03. The van der Waals surface area contributed by atoms with Crippen LogP contribution in [0, 0.1) is 13.8 Å². The van der Waals surface area contributed by atoms with Crippen LogP contribution in [0.1, 0.15) is 17.5 Å². The third kappa shape index (κ3) is 7.63. The van der Waals surface area contributed by atoms with Gasteiger partial charge in [0.25, 0.3) is 5.91 Å². The number of nitrogens with one attached hydrogen (secondary N) is 2. The maximum Gasteiger partial charge on any atom is 0.307 e. The van der Waals surface area contributed by atoms with Crippen LogP contribution in [0.25, 0.3) is 0 Å². The average molecular weight is 372 g/mol. The van der Waals surface area contributed by atoms with Gasteiger partial charge in [0.2, 0.25) is 10.0 Å². The molecule has 0 atom stereocenters. The third-order valence-corrected chi connectivity index (χ3v) is 4.86. The highest BCUT2D eigenvalue weighted by Gasteiger charge is 2.17. The number of carbonyl (C=O) groups excluding carboxylic acids is 2. The summed E-state index contributed by atoms with van der Waals surface area (Å²) >= 11 is 0. The molecule has 2 N–H and O–H groups in total. The Kier molecular flexibility index (Phi) is 8.53. The average Bonchev–Trinajstić information content (AvgIpc) is 2.52. The third-order valence-electron chi connectivity index (χ3n) is 3.23. The molecule has 0 bridgehead atoms. The maximum absolute atomic E-state index is 12.2. The van der Waals surface area contributed by atoms with Gasteiger partial charge in [-0.1, -0.05) is 17.7 Å². The van der Waals surface area contributed by atoms with Crippen molar-refractivity contribution in [2.24, 2.45) is 0 Å². The highest BCUT2D eigenvalue weighted by atomic mass is 32.2. The summed E-state index contributed by atoms with van der Waals surface area (Å²) in [6, 6.07) is 5.00. The van der Waals surface area contributed by atoms with Crippen LogP contribution >= 0.6 is 0 Å². The number of amides is 1. The Morgan fingerprint density at radius 3 is 2.52 bits per heavy atom. The summed E-state index contributed by atoms with van der Waals surface area (Å²) in [5, 5.41) is 2.50. The predicted molar refractivity (Wildman–Crippen MR) is 91.6 cm³/mol. The molecule has 0 saturated heterocycles. The van der Waals surface area contributed by atoms with Crippen LogP contribution in [-0.2, 0) is 29.1 Å². The van der Waals surface area contributed by atoms with Gasteiger partial charge in [0.05, 0.1) is 17.9 Å². The molecule has 1 amide bonds. The summed E-state index contributed by atoms with van der Waals surface area (Å²) in [5.41, 5.74) is 1.59. The number of sulfonamides is 1. The van der Waals surface area contributed by atoms with E-state index in [0.29, 0.717) is 18.7 Å². The van der Waals surface area contributed by atoms with E-state index < -0.39 is 28.5 Å². The minimum atomic E-state index is -3.70. The number of esters is 1. The summed E-state index contributed by atoms with van der Waals surface area (Å²) in [7, 11) is -2.20. The van der Waals surface area contributed by atoms with Gasteiger partial charge in [-0.3, -0.25) is 9.59 Å². The summed E-state index contributed by atoms with van der Waals surface area (Å²) in [6.07, 6.45) is -0.171. The zero-order valence-corrected chi connectivity index (χ0v) is 15.4. The minimum Gasteiger partial charge on any atom is -0.456 e. The van der Waals surface area contributed by atoms with Crippen LogP contribution in [0.15, 0.2) is 23.1 Å². The summed E-state index contributed by atoms with van der Waals surface area (Å²) in [4.78, 5) is 23.1. The molecular weight excluding hydrogens is 348 g/mol. The summed E-state index contributed by atoms with van der Waals surface area (Å²) in [6.45, 7) is 3.74. The Labute approximate surface area is 147 Å². The lowest BCUT2D eigenvalue weighted by molar-refractivity contribution is -0.148. The molecule has 0 saturated carbocycles. The second-order valence-corrected chi connectivity index (χ2v) is 7.16. The first-order valence-corrected chi connectivity index (χ1v) is 9.22. The van der Waals surface area contributed by atoms with E-state index in [1.807, 2.05) is 6.92 Å². The van der Waals surface area contributed by atoms with Crippen molar-refractivity contribution >= 4 is 21.9 Å². The molecule has 1 aromatic rings. The van der Waals surface area contributed by atoms with E-state index in [2.05, 4.69) is 10.0 Å². The van der Waals surface area contributed by atoms with Crippen LogP contribution < -0.4 is 10.0 Å². The fourth-order valence-corrected chi connectivity index (χ4v) is 3.28. The monoisotopic (exact) mass is 372 g/mol. The molecule has 0 radical (unpaired) electrons. The van der Waals surface area contributed by atoms with Crippen LogP contribution in [0.5, 0.6) is 0 Å². The highest BCUT2D eigenvalue weighted by molar-refractivity contribution is 7.89. The SMILES string of the molecule is COCCNC(=O)COC(=O)CCNS(=O)(=O)c1ccc(C)cc1C. The Morgan fingerprint density at radius 1 is 1.16 bits per heavy atom. The second-order valence-electron chi connectivity index (χ2n) is 5.42. The van der Waals surface area contributed by atoms with Crippen LogP contribution in [0.4, 0.5) is 0 Å². The Hall–Kier alpha value is -1.97. The largest absolute Gasteiger partial charge is 0.456 e. The van der Waals surface area contributed by atoms with Gasteiger partial charge in [0.1, 0.15) is 0 Å². The number of carbonyl (C=O) groups is 2. The van der Waals surface area contributed by atoms with Crippen molar-refractivity contribution in [2.45, 2.75) is 25.2 Å². The number of aryl methyl sites for hydroxylation is 2. The van der Waals surface area contributed by atoms with E-state index in [4.69, 9.17) is 9.47 Å². The molecule has 0 spiro atoms. The van der Waals surface area contributed by atoms with Crippen molar-refractivity contribution < 1.29 is 27.5 Å². The molecule has 0 fully saturated rings. The van der Waals surface area contributed by atoms with Gasteiger partial charge in [-0.15, -0.1) is 0 Å². The van der Waals surface area contributed by atoms with Gasteiger partial charge in [-0.25, -0.2) is 13.1 Å². The van der Waals surface area contributed by atoms with Gasteiger partial charge in [0.15, 0.2) is 6.61 Å². The van der Waals surface area contributed by atoms with Crippen LogP contribution in [0.3, 0.4) is 0 Å². The van der Waals surface area contributed by atoms with Crippen LogP contribution in [0.2, 0.25) is 0 Å². The van der Waals surface area contributed by atoms with Gasteiger partial charge in [-0.05, 0) is 25.5 Å². The normalized spacial score (nSPS) is 11.2. The minimum absolute atomic E-state index is 0.111. The van der Waals surface area contributed by atoms with Gasteiger partial charge in [0, 0.05) is 20.2 Å². The van der Waals surface area contributed by atoms with Crippen molar-refractivity contribution in [2.75, 3.05) is 33.4 Å². The standard InChI is InChI=1S/C16H24N2O6S/c1-12-4-5-14(13(2)10-12)25(21,22)18-7-6-16(20)24-11-15(19)17-8-9-23-3/h4-5,10,18H,6-9,11H2,1-3H3,(H,17,19). The zero-order chi connectivity index (χ0) is 18.9. The molecule has 0 aliphatic heterocycles. The topological polar surface area (TPSA) is 111 Å².